The van der Waals surface area contributed by atoms with Gasteiger partial charge in [0, 0.05) is 34.1 Å². The summed E-state index contributed by atoms with van der Waals surface area (Å²) in [5.74, 6) is 2.70. The van der Waals surface area contributed by atoms with E-state index >= 15 is 0 Å². The lowest BCUT2D eigenvalue weighted by Crippen LogP contribution is -2.10. The van der Waals surface area contributed by atoms with Gasteiger partial charge in [-0.15, -0.1) is 6.42 Å². The van der Waals surface area contributed by atoms with Crippen LogP contribution < -0.4 is 9.80 Å². The van der Waals surface area contributed by atoms with E-state index in [9.17, 15) is 0 Å². The number of allylic oxidation sites excluding steroid dienone is 1. The van der Waals surface area contributed by atoms with Crippen LogP contribution in [0.3, 0.4) is 0 Å². The highest BCUT2D eigenvalue weighted by Gasteiger charge is 2.22. The third-order valence-corrected chi connectivity index (χ3v) is 11.6. The van der Waals surface area contributed by atoms with Crippen molar-refractivity contribution in [2.75, 3.05) is 9.80 Å². The minimum Gasteiger partial charge on any atom is -0.310 e. The van der Waals surface area contributed by atoms with Gasteiger partial charge in [-0.1, -0.05) is 139 Å². The number of rotatable bonds is 9. The third-order valence-electron chi connectivity index (χ3n) is 11.6. The van der Waals surface area contributed by atoms with Crippen LogP contribution >= 0.6 is 0 Å². The molecule has 0 aromatic heterocycles. The molecule has 2 nitrogen and oxygen atoms in total. The normalized spacial score (nSPS) is 11.3. The molecule has 0 radical (unpaired) electrons. The van der Waals surface area contributed by atoms with Crippen LogP contribution in [-0.2, 0) is 0 Å². The number of hydrogen-bond acceptors (Lipinski definition) is 2. The van der Waals surface area contributed by atoms with Gasteiger partial charge < -0.3 is 9.80 Å². The van der Waals surface area contributed by atoms with E-state index in [-0.39, 0.29) is 0 Å². The van der Waals surface area contributed by atoms with Gasteiger partial charge in [0.15, 0.2) is 0 Å². The van der Waals surface area contributed by atoms with E-state index in [0.29, 0.717) is 0 Å². The first-order valence-electron chi connectivity index (χ1n) is 20.7. The van der Waals surface area contributed by atoms with Gasteiger partial charge in [0.25, 0.3) is 0 Å². The fourth-order valence-corrected chi connectivity index (χ4v) is 8.77. The molecule has 0 unspecified atom stereocenters. The van der Waals surface area contributed by atoms with Crippen LogP contribution in [0.5, 0.6) is 0 Å². The zero-order chi connectivity index (χ0) is 41.1. The van der Waals surface area contributed by atoms with Crippen molar-refractivity contribution in [1.29, 1.82) is 0 Å². The molecule has 0 N–H and O–H groups in total. The Morgan fingerprint density at radius 1 is 0.377 bits per heavy atom. The summed E-state index contributed by atoms with van der Waals surface area (Å²) in [6, 6.07) is 78.8. The van der Waals surface area contributed by atoms with Crippen LogP contribution in [0.25, 0.3) is 60.6 Å². The van der Waals surface area contributed by atoms with Gasteiger partial charge in [-0.2, -0.15) is 0 Å². The summed E-state index contributed by atoms with van der Waals surface area (Å²) in [6.45, 7) is 2.14. The molecule has 2 heteroatoms. The van der Waals surface area contributed by atoms with Crippen LogP contribution in [0.15, 0.2) is 224 Å². The Labute approximate surface area is 357 Å². The molecule has 0 saturated heterocycles. The molecule has 10 aromatic rings. The molecule has 0 bridgehead atoms. The summed E-state index contributed by atoms with van der Waals surface area (Å²) in [5, 5.41) is 7.09. The van der Waals surface area contributed by atoms with Gasteiger partial charge in [-0.3, -0.25) is 0 Å². The molecule has 10 rings (SSSR count). The van der Waals surface area contributed by atoms with Gasteiger partial charge >= 0.3 is 0 Å². The number of fused-ring (bicyclic) bond motifs is 3. The molecule has 0 spiro atoms. The first kappa shape index (κ1) is 37.2. The van der Waals surface area contributed by atoms with Crippen molar-refractivity contribution in [2.24, 2.45) is 0 Å². The molecule has 10 aromatic carbocycles. The largest absolute Gasteiger partial charge is 0.310 e. The van der Waals surface area contributed by atoms with Crippen LogP contribution in [0.2, 0.25) is 0 Å². The summed E-state index contributed by atoms with van der Waals surface area (Å²) in [7, 11) is 0. The quantitative estimate of drug-likeness (QED) is 0.106. The number of para-hydroxylation sites is 4. The Kier molecular flexibility index (Phi) is 9.91. The molecule has 0 aliphatic carbocycles. The van der Waals surface area contributed by atoms with Gasteiger partial charge in [0.2, 0.25) is 0 Å². The Balaban J connectivity index is 1.34. The Morgan fingerprint density at radius 3 is 1.28 bits per heavy atom. The van der Waals surface area contributed by atoms with Crippen molar-refractivity contribution in [3.8, 4) is 34.6 Å². The number of hydrogen-bond donors (Lipinski definition) is 0. The van der Waals surface area contributed by atoms with Crippen molar-refractivity contribution < 1.29 is 0 Å². The van der Waals surface area contributed by atoms with Gasteiger partial charge in [0.05, 0.1) is 0 Å². The van der Waals surface area contributed by atoms with E-state index in [1.165, 1.54) is 49.2 Å². The lowest BCUT2D eigenvalue weighted by Gasteiger charge is -2.28. The molecule has 61 heavy (non-hydrogen) atoms. The van der Waals surface area contributed by atoms with E-state index in [0.717, 1.165) is 50.6 Å². The monoisotopic (exact) mass is 778 g/mol. The maximum atomic E-state index is 5.75. The maximum absolute atomic E-state index is 5.75. The zero-order valence-electron chi connectivity index (χ0n) is 33.9. The van der Waals surface area contributed by atoms with Crippen molar-refractivity contribution in [1.82, 2.24) is 0 Å². The zero-order valence-corrected chi connectivity index (χ0v) is 33.9. The molecule has 0 aliphatic heterocycles. The second kappa shape index (κ2) is 16.3. The first-order chi connectivity index (χ1) is 30.1. The summed E-state index contributed by atoms with van der Waals surface area (Å²) in [5.41, 5.74) is 13.4. The summed E-state index contributed by atoms with van der Waals surface area (Å²) in [4.78, 5) is 4.70. The molecule has 0 saturated carbocycles. The predicted octanol–water partition coefficient (Wildman–Crippen LogP) is 16.4. The summed E-state index contributed by atoms with van der Waals surface area (Å²) >= 11 is 0. The molecule has 288 valence electrons. The molecule has 0 fully saturated rings. The Hall–Kier alpha value is -8.12. The minimum absolute atomic E-state index is 1.07. The summed E-state index contributed by atoms with van der Waals surface area (Å²) < 4.78 is 0. The predicted molar refractivity (Wildman–Crippen MR) is 262 cm³/mol. The lowest BCUT2D eigenvalue weighted by atomic mass is 9.84. The molecular formula is C59H42N2. The van der Waals surface area contributed by atoms with E-state index in [2.05, 4.69) is 241 Å². The van der Waals surface area contributed by atoms with Crippen LogP contribution in [-0.4, -0.2) is 0 Å². The molecule has 0 atom stereocenters. The highest BCUT2D eigenvalue weighted by molar-refractivity contribution is 6.23. The van der Waals surface area contributed by atoms with E-state index < -0.39 is 0 Å². The third kappa shape index (κ3) is 7.10. The maximum Gasteiger partial charge on any atom is 0.0468 e. The number of benzene rings is 10. The van der Waals surface area contributed by atoms with Crippen LogP contribution in [0.4, 0.5) is 34.1 Å². The number of nitrogens with zero attached hydrogens (tertiary/aromatic N) is 2. The molecule has 0 amide bonds. The van der Waals surface area contributed by atoms with Crippen molar-refractivity contribution >= 4 is 72.5 Å². The average Bonchev–Trinajstić information content (AvgIpc) is 3.32. The van der Waals surface area contributed by atoms with Gasteiger partial charge in [-0.25, -0.2) is 0 Å². The van der Waals surface area contributed by atoms with Crippen LogP contribution in [0, 0.1) is 19.3 Å². The van der Waals surface area contributed by atoms with E-state index in [4.69, 9.17) is 6.42 Å². The fraction of sp³-hybridized carbons (Fsp3) is 0.0169. The SMILES string of the molecule is C#C/C=C\c1cc(-c2c3ccc(N(c4ccccc4)c4ccccc4)cc3c(-c3ccc4ccccc4c3)c3ccc(N(c4ccccc4)c4ccccc4)cc23)ccc1C. The van der Waals surface area contributed by atoms with Gasteiger partial charge in [-0.05, 0) is 170 Å². The summed E-state index contributed by atoms with van der Waals surface area (Å²) in [6.07, 6.45) is 9.58. The molecule has 0 aliphatic rings. The van der Waals surface area contributed by atoms with Crippen molar-refractivity contribution in [2.45, 2.75) is 6.92 Å². The molecule has 0 heterocycles. The highest BCUT2D eigenvalue weighted by Crippen LogP contribution is 2.49. The molecular weight excluding hydrogens is 737 g/mol. The lowest BCUT2D eigenvalue weighted by molar-refractivity contribution is 1.29. The first-order valence-corrected chi connectivity index (χ1v) is 20.7. The number of aryl methyl sites for hydroxylation is 1. The van der Waals surface area contributed by atoms with Crippen LogP contribution in [0.1, 0.15) is 11.1 Å². The Morgan fingerprint density at radius 2 is 0.803 bits per heavy atom. The topological polar surface area (TPSA) is 6.48 Å². The average molecular weight is 779 g/mol. The highest BCUT2D eigenvalue weighted by atomic mass is 15.1. The van der Waals surface area contributed by atoms with E-state index in [1.807, 2.05) is 6.08 Å². The fourth-order valence-electron chi connectivity index (χ4n) is 8.77. The standard InChI is InChI=1S/C59H42N2/c1-3-4-19-44-38-46(31-30-42(44)2)58-54-36-34-53(61(50-26-13-7-14-27-50)51-28-15-8-16-29-51)41-57(54)59(47-33-32-43-20-17-18-21-45(43)39-47)55-37-35-52(40-56(55)58)60(48-22-9-5-10-23-48)49-24-11-6-12-25-49/h1,4-41H,2H3/b19-4-. The second-order valence-electron chi connectivity index (χ2n) is 15.4. The van der Waals surface area contributed by atoms with Gasteiger partial charge in [0.1, 0.15) is 0 Å². The number of anilines is 6. The van der Waals surface area contributed by atoms with Crippen molar-refractivity contribution in [3.63, 3.8) is 0 Å². The van der Waals surface area contributed by atoms with Crippen molar-refractivity contribution in [3.05, 3.63) is 236 Å². The van der Waals surface area contributed by atoms with E-state index in [1.54, 1.807) is 6.08 Å². The second-order valence-corrected chi connectivity index (χ2v) is 15.4. The number of terminal acetylenes is 1. The Bertz CT molecular complexity index is 3180. The smallest absolute Gasteiger partial charge is 0.0468 e. The minimum atomic E-state index is 1.07.